The molecular weight excluding hydrogens is 290 g/mol. The fourth-order valence-corrected chi connectivity index (χ4v) is 2.31. The lowest BCUT2D eigenvalue weighted by atomic mass is 9.82. The molecular formula is C16H18ClNO3. The second-order valence-corrected chi connectivity index (χ2v) is 6.09. The SMILES string of the molecule is CCC(C)(C)c1ccc(C(Cl)c2ccc([N+](=O)[O-])o2)cc1. The molecule has 5 heteroatoms. The van der Waals surface area contributed by atoms with E-state index in [0.29, 0.717) is 5.76 Å². The Morgan fingerprint density at radius 1 is 1.24 bits per heavy atom. The van der Waals surface area contributed by atoms with E-state index < -0.39 is 10.3 Å². The van der Waals surface area contributed by atoms with Gasteiger partial charge in [0.2, 0.25) is 0 Å². The highest BCUT2D eigenvalue weighted by Crippen LogP contribution is 2.34. The molecule has 0 radical (unpaired) electrons. The number of hydrogen-bond donors (Lipinski definition) is 0. The summed E-state index contributed by atoms with van der Waals surface area (Å²) >= 11 is 6.33. The molecule has 2 rings (SSSR count). The molecule has 1 aromatic carbocycles. The van der Waals surface area contributed by atoms with Crippen LogP contribution in [0.4, 0.5) is 5.88 Å². The van der Waals surface area contributed by atoms with Gasteiger partial charge in [-0.15, -0.1) is 11.6 Å². The van der Waals surface area contributed by atoms with Crippen molar-refractivity contribution in [3.63, 3.8) is 0 Å². The van der Waals surface area contributed by atoms with E-state index in [-0.39, 0.29) is 11.3 Å². The Labute approximate surface area is 128 Å². The minimum absolute atomic E-state index is 0.115. The number of nitro groups is 1. The summed E-state index contributed by atoms with van der Waals surface area (Å²) in [5.41, 5.74) is 2.21. The van der Waals surface area contributed by atoms with E-state index in [1.54, 1.807) is 6.07 Å². The number of furan rings is 1. The summed E-state index contributed by atoms with van der Waals surface area (Å²) < 4.78 is 5.15. The van der Waals surface area contributed by atoms with Crippen molar-refractivity contribution in [2.75, 3.05) is 0 Å². The van der Waals surface area contributed by atoms with Crippen LogP contribution >= 0.6 is 11.6 Å². The zero-order valence-corrected chi connectivity index (χ0v) is 13.1. The van der Waals surface area contributed by atoms with Crippen molar-refractivity contribution in [2.45, 2.75) is 38.0 Å². The maximum absolute atomic E-state index is 10.6. The summed E-state index contributed by atoms with van der Waals surface area (Å²) in [5, 5.41) is 10.1. The lowest BCUT2D eigenvalue weighted by molar-refractivity contribution is -0.402. The highest BCUT2D eigenvalue weighted by atomic mass is 35.5. The molecule has 21 heavy (non-hydrogen) atoms. The molecule has 1 unspecified atom stereocenters. The minimum Gasteiger partial charge on any atom is -0.404 e. The maximum Gasteiger partial charge on any atom is 0.433 e. The number of nitrogens with zero attached hydrogens (tertiary/aromatic N) is 1. The molecule has 4 nitrogen and oxygen atoms in total. The first-order valence-corrected chi connectivity index (χ1v) is 7.27. The van der Waals surface area contributed by atoms with Crippen LogP contribution in [0, 0.1) is 10.1 Å². The third-order valence-electron chi connectivity index (χ3n) is 3.91. The summed E-state index contributed by atoms with van der Waals surface area (Å²) in [6, 6.07) is 10.8. The quantitative estimate of drug-likeness (QED) is 0.433. The van der Waals surface area contributed by atoms with Crippen LogP contribution in [-0.2, 0) is 5.41 Å². The second kappa shape index (κ2) is 5.90. The summed E-state index contributed by atoms with van der Waals surface area (Å²) in [6.07, 6.45) is 1.04. The van der Waals surface area contributed by atoms with Crippen LogP contribution in [-0.4, -0.2) is 4.92 Å². The third-order valence-corrected chi connectivity index (χ3v) is 4.38. The van der Waals surface area contributed by atoms with Crippen molar-refractivity contribution < 1.29 is 9.34 Å². The zero-order chi connectivity index (χ0) is 15.6. The molecule has 1 heterocycles. The molecule has 0 N–H and O–H groups in total. The maximum atomic E-state index is 10.6. The standard InChI is InChI=1S/C16H18ClNO3/c1-4-16(2,3)12-7-5-11(6-8-12)15(17)13-9-10-14(21-13)18(19)20/h5-10,15H,4H2,1-3H3. The second-order valence-electron chi connectivity index (χ2n) is 5.66. The lowest BCUT2D eigenvalue weighted by Gasteiger charge is -2.23. The minimum atomic E-state index is -0.569. The first-order valence-electron chi connectivity index (χ1n) is 6.84. The Bertz CT molecular complexity index is 631. The average Bonchev–Trinajstić information content (AvgIpc) is 2.96. The molecule has 112 valence electrons. The van der Waals surface area contributed by atoms with Crippen LogP contribution in [0.15, 0.2) is 40.8 Å². The summed E-state index contributed by atoms with van der Waals surface area (Å²) in [7, 11) is 0. The van der Waals surface area contributed by atoms with Gasteiger partial charge in [-0.3, -0.25) is 10.1 Å². The molecule has 0 aliphatic carbocycles. The number of rotatable bonds is 5. The Kier molecular flexibility index (Phi) is 4.37. The molecule has 1 aromatic heterocycles. The van der Waals surface area contributed by atoms with Crippen LogP contribution in [0.5, 0.6) is 0 Å². The Hall–Kier alpha value is -1.81. The Balaban J connectivity index is 2.23. The summed E-state index contributed by atoms with van der Waals surface area (Å²) in [5.74, 6) is 0.0882. The summed E-state index contributed by atoms with van der Waals surface area (Å²) in [6.45, 7) is 6.53. The largest absolute Gasteiger partial charge is 0.433 e. The molecule has 0 amide bonds. The van der Waals surface area contributed by atoms with Gasteiger partial charge in [-0.05, 0) is 29.0 Å². The van der Waals surface area contributed by atoms with Gasteiger partial charge in [0.05, 0.1) is 6.07 Å². The topological polar surface area (TPSA) is 56.3 Å². The van der Waals surface area contributed by atoms with E-state index in [0.717, 1.165) is 12.0 Å². The van der Waals surface area contributed by atoms with E-state index >= 15 is 0 Å². The molecule has 0 fully saturated rings. The smallest absolute Gasteiger partial charge is 0.404 e. The number of halogens is 1. The molecule has 2 aromatic rings. The summed E-state index contributed by atoms with van der Waals surface area (Å²) in [4.78, 5) is 10.1. The van der Waals surface area contributed by atoms with Crippen molar-refractivity contribution in [1.29, 1.82) is 0 Å². The van der Waals surface area contributed by atoms with Gasteiger partial charge in [-0.2, -0.15) is 0 Å². The Morgan fingerprint density at radius 3 is 2.33 bits per heavy atom. The molecule has 0 spiro atoms. The monoisotopic (exact) mass is 307 g/mol. The molecule has 1 atom stereocenters. The van der Waals surface area contributed by atoms with E-state index in [9.17, 15) is 10.1 Å². The number of alkyl halides is 1. The first-order chi connectivity index (χ1) is 9.85. The normalized spacial score (nSPS) is 13.1. The van der Waals surface area contributed by atoms with Crippen LogP contribution in [0.2, 0.25) is 0 Å². The third kappa shape index (κ3) is 3.27. The van der Waals surface area contributed by atoms with Crippen molar-refractivity contribution in [2.24, 2.45) is 0 Å². The molecule has 0 aliphatic rings. The van der Waals surface area contributed by atoms with Crippen LogP contribution in [0.3, 0.4) is 0 Å². The number of benzene rings is 1. The molecule has 0 saturated heterocycles. The van der Waals surface area contributed by atoms with Crippen LogP contribution in [0.25, 0.3) is 0 Å². The van der Waals surface area contributed by atoms with Gasteiger partial charge < -0.3 is 4.42 Å². The van der Waals surface area contributed by atoms with Crippen LogP contribution in [0.1, 0.15) is 49.5 Å². The fourth-order valence-electron chi connectivity index (χ4n) is 2.05. The van der Waals surface area contributed by atoms with Gasteiger partial charge >= 0.3 is 5.88 Å². The number of hydrogen-bond acceptors (Lipinski definition) is 3. The van der Waals surface area contributed by atoms with Crippen molar-refractivity contribution in [3.05, 3.63) is 63.4 Å². The van der Waals surface area contributed by atoms with Crippen molar-refractivity contribution >= 4 is 17.5 Å². The van der Waals surface area contributed by atoms with Gasteiger partial charge in [-0.25, -0.2) is 0 Å². The van der Waals surface area contributed by atoms with E-state index in [2.05, 4.69) is 20.8 Å². The molecule has 0 saturated carbocycles. The average molecular weight is 308 g/mol. The van der Waals surface area contributed by atoms with E-state index in [1.165, 1.54) is 11.6 Å². The van der Waals surface area contributed by atoms with Gasteiger partial charge in [0.15, 0.2) is 0 Å². The highest BCUT2D eigenvalue weighted by molar-refractivity contribution is 6.22. The predicted octanol–water partition coefficient (Wildman–Crippen LogP) is 5.20. The fraction of sp³-hybridized carbons (Fsp3) is 0.375. The predicted molar refractivity (Wildman–Crippen MR) is 82.8 cm³/mol. The van der Waals surface area contributed by atoms with Gasteiger partial charge in [0.1, 0.15) is 16.1 Å². The zero-order valence-electron chi connectivity index (χ0n) is 12.3. The van der Waals surface area contributed by atoms with Crippen molar-refractivity contribution in [3.8, 4) is 0 Å². The highest BCUT2D eigenvalue weighted by Gasteiger charge is 2.21. The van der Waals surface area contributed by atoms with Gasteiger partial charge in [-0.1, -0.05) is 45.0 Å². The Morgan fingerprint density at radius 2 is 1.86 bits per heavy atom. The van der Waals surface area contributed by atoms with Gasteiger partial charge in [0, 0.05) is 0 Å². The van der Waals surface area contributed by atoms with E-state index in [1.807, 2.05) is 24.3 Å². The molecule has 0 aliphatic heterocycles. The lowest BCUT2D eigenvalue weighted by Crippen LogP contribution is -2.15. The van der Waals surface area contributed by atoms with E-state index in [4.69, 9.17) is 16.0 Å². The van der Waals surface area contributed by atoms with Crippen LogP contribution < -0.4 is 0 Å². The van der Waals surface area contributed by atoms with Crippen molar-refractivity contribution in [1.82, 2.24) is 0 Å². The first kappa shape index (κ1) is 15.6. The van der Waals surface area contributed by atoms with Gasteiger partial charge in [0.25, 0.3) is 0 Å². The molecule has 0 bridgehead atoms.